The third-order valence-electron chi connectivity index (χ3n) is 2.23. The van der Waals surface area contributed by atoms with Gasteiger partial charge in [-0.15, -0.1) is 11.3 Å². The van der Waals surface area contributed by atoms with Crippen molar-refractivity contribution < 1.29 is 8.42 Å². The third kappa shape index (κ3) is 2.00. The Balaban J connectivity index is 2.67. The van der Waals surface area contributed by atoms with Crippen LogP contribution in [0.25, 0.3) is 0 Å². The Morgan fingerprint density at radius 2 is 1.72 bits per heavy atom. The molecular weight excluding hydrogens is 268 g/mol. The average Bonchev–Trinajstić information content (AvgIpc) is 2.84. The van der Waals surface area contributed by atoms with Gasteiger partial charge in [-0.2, -0.15) is 10.5 Å². The first-order valence-corrected chi connectivity index (χ1v) is 7.13. The minimum absolute atomic E-state index is 0.0143. The molecule has 1 aromatic heterocycles. The smallest absolute Gasteiger partial charge is 0.217 e. The summed E-state index contributed by atoms with van der Waals surface area (Å²) in [5.74, 6) is 0. The van der Waals surface area contributed by atoms with Gasteiger partial charge in [-0.05, 0) is 18.2 Å². The Morgan fingerprint density at radius 1 is 1.06 bits per heavy atom. The van der Waals surface area contributed by atoms with Crippen LogP contribution in [0.15, 0.2) is 45.5 Å². The van der Waals surface area contributed by atoms with Gasteiger partial charge in [-0.1, -0.05) is 18.2 Å². The molecule has 18 heavy (non-hydrogen) atoms. The molecule has 0 saturated carbocycles. The first kappa shape index (κ1) is 12.3. The molecule has 0 bridgehead atoms. The second kappa shape index (κ2) is 4.61. The second-order valence-corrected chi connectivity index (χ2v) is 6.55. The lowest BCUT2D eigenvalue weighted by Gasteiger charge is -2.01. The Hall–Kier alpha value is -2.15. The molecule has 0 fully saturated rings. The molecule has 0 radical (unpaired) electrons. The lowest BCUT2D eigenvalue weighted by Crippen LogP contribution is -2.00. The van der Waals surface area contributed by atoms with Gasteiger partial charge < -0.3 is 0 Å². The maximum Gasteiger partial charge on any atom is 0.217 e. The largest absolute Gasteiger partial charge is 0.218 e. The maximum absolute atomic E-state index is 12.3. The van der Waals surface area contributed by atoms with Crippen LogP contribution in [0.2, 0.25) is 0 Å². The second-order valence-electron chi connectivity index (χ2n) is 3.35. The van der Waals surface area contributed by atoms with E-state index in [4.69, 9.17) is 10.5 Å². The van der Waals surface area contributed by atoms with Crippen LogP contribution in [0.5, 0.6) is 0 Å². The summed E-state index contributed by atoms with van der Waals surface area (Å²) < 4.78 is 24.5. The van der Waals surface area contributed by atoms with Crippen molar-refractivity contribution >= 4 is 21.2 Å². The third-order valence-corrected chi connectivity index (χ3v) is 5.57. The van der Waals surface area contributed by atoms with Crippen LogP contribution >= 0.6 is 11.3 Å². The zero-order chi connectivity index (χ0) is 13.2. The summed E-state index contributed by atoms with van der Waals surface area (Å²) in [6.07, 6.45) is 0. The number of benzene rings is 1. The number of nitrogens with zero attached hydrogens (tertiary/aromatic N) is 2. The zero-order valence-electron chi connectivity index (χ0n) is 8.99. The summed E-state index contributed by atoms with van der Waals surface area (Å²) in [7, 11) is -3.73. The predicted molar refractivity (Wildman–Crippen MR) is 65.6 cm³/mol. The van der Waals surface area contributed by atoms with Crippen LogP contribution in [0.3, 0.4) is 0 Å². The molecule has 88 valence electrons. The molecule has 0 N–H and O–H groups in total. The topological polar surface area (TPSA) is 81.7 Å². The van der Waals surface area contributed by atoms with Crippen molar-refractivity contribution in [2.24, 2.45) is 0 Å². The van der Waals surface area contributed by atoms with Gasteiger partial charge in [0.2, 0.25) is 9.84 Å². The van der Waals surface area contributed by atoms with E-state index in [1.807, 2.05) is 6.07 Å². The van der Waals surface area contributed by atoms with Gasteiger partial charge in [0.25, 0.3) is 0 Å². The summed E-state index contributed by atoms with van der Waals surface area (Å²) in [5, 5.41) is 17.7. The fraction of sp³-hybridized carbons (Fsp3) is 0. The van der Waals surface area contributed by atoms with Crippen LogP contribution in [0.1, 0.15) is 10.4 Å². The quantitative estimate of drug-likeness (QED) is 0.841. The van der Waals surface area contributed by atoms with Gasteiger partial charge in [0.1, 0.15) is 21.2 Å². The van der Waals surface area contributed by atoms with E-state index < -0.39 is 9.84 Å². The fourth-order valence-corrected chi connectivity index (χ4v) is 4.17. The van der Waals surface area contributed by atoms with Crippen LogP contribution in [-0.2, 0) is 9.84 Å². The van der Waals surface area contributed by atoms with Crippen LogP contribution < -0.4 is 0 Å². The molecule has 2 rings (SSSR count). The molecule has 0 atom stereocenters. The summed E-state index contributed by atoms with van der Waals surface area (Å²) in [6, 6.07) is 12.8. The highest BCUT2D eigenvalue weighted by atomic mass is 32.2. The monoisotopic (exact) mass is 274 g/mol. The van der Waals surface area contributed by atoms with Crippen molar-refractivity contribution in [1.29, 1.82) is 10.5 Å². The van der Waals surface area contributed by atoms with Crippen molar-refractivity contribution in [1.82, 2.24) is 0 Å². The van der Waals surface area contributed by atoms with Crippen molar-refractivity contribution in [3.63, 3.8) is 0 Å². The summed E-state index contributed by atoms with van der Waals surface area (Å²) >= 11 is 0.814. The van der Waals surface area contributed by atoms with Crippen molar-refractivity contribution in [2.75, 3.05) is 0 Å². The van der Waals surface area contributed by atoms with Crippen LogP contribution in [-0.4, -0.2) is 8.42 Å². The number of nitriles is 2. The molecule has 0 aliphatic heterocycles. The highest BCUT2D eigenvalue weighted by molar-refractivity contribution is 7.93. The standard InChI is InChI=1S/C12H6N2O2S2/c13-7-9-6-10(8-14)17-12(9)18(15,16)11-4-2-1-3-5-11/h1-6H. The first-order chi connectivity index (χ1) is 8.59. The van der Waals surface area contributed by atoms with Gasteiger partial charge >= 0.3 is 0 Å². The number of hydrogen-bond acceptors (Lipinski definition) is 5. The number of sulfone groups is 1. The van der Waals surface area contributed by atoms with Crippen molar-refractivity contribution in [3.8, 4) is 12.1 Å². The highest BCUT2D eigenvalue weighted by Crippen LogP contribution is 2.31. The van der Waals surface area contributed by atoms with E-state index in [0.29, 0.717) is 0 Å². The van der Waals surface area contributed by atoms with Crippen LogP contribution in [0, 0.1) is 22.7 Å². The Morgan fingerprint density at radius 3 is 2.28 bits per heavy atom. The average molecular weight is 274 g/mol. The molecule has 4 nitrogen and oxygen atoms in total. The highest BCUT2D eigenvalue weighted by Gasteiger charge is 2.24. The Kier molecular flexibility index (Phi) is 3.15. The number of thiophene rings is 1. The lowest BCUT2D eigenvalue weighted by molar-refractivity contribution is 0.598. The zero-order valence-corrected chi connectivity index (χ0v) is 10.6. The molecule has 6 heteroatoms. The SMILES string of the molecule is N#Cc1cc(C#N)c(S(=O)(=O)c2ccccc2)s1. The van der Waals surface area contributed by atoms with Gasteiger partial charge in [0.15, 0.2) is 0 Å². The molecule has 2 aromatic rings. The van der Waals surface area contributed by atoms with Gasteiger partial charge in [-0.3, -0.25) is 0 Å². The van der Waals surface area contributed by atoms with Crippen molar-refractivity contribution in [3.05, 3.63) is 46.8 Å². The maximum atomic E-state index is 12.3. The molecule has 0 aliphatic carbocycles. The van der Waals surface area contributed by atoms with E-state index >= 15 is 0 Å². The first-order valence-electron chi connectivity index (χ1n) is 4.84. The molecule has 1 aromatic carbocycles. The minimum Gasteiger partial charge on any atom is -0.218 e. The Labute approximate surface area is 108 Å². The molecule has 1 heterocycles. The van der Waals surface area contributed by atoms with Crippen molar-refractivity contribution in [2.45, 2.75) is 9.10 Å². The summed E-state index contributed by atoms with van der Waals surface area (Å²) in [6.45, 7) is 0. The molecular formula is C12H6N2O2S2. The van der Waals surface area contributed by atoms with E-state index in [9.17, 15) is 8.42 Å². The summed E-state index contributed by atoms with van der Waals surface area (Å²) in [4.78, 5) is 0.328. The Bertz CT molecular complexity index is 763. The minimum atomic E-state index is -3.73. The van der Waals surface area contributed by atoms with E-state index in [-0.39, 0.29) is 19.5 Å². The van der Waals surface area contributed by atoms with E-state index in [0.717, 1.165) is 11.3 Å². The molecule has 0 unspecified atom stereocenters. The van der Waals surface area contributed by atoms with Crippen LogP contribution in [0.4, 0.5) is 0 Å². The number of hydrogen-bond donors (Lipinski definition) is 0. The fourth-order valence-electron chi connectivity index (χ4n) is 1.41. The molecule has 0 spiro atoms. The molecule has 0 saturated heterocycles. The van der Waals surface area contributed by atoms with Gasteiger partial charge in [0, 0.05) is 0 Å². The van der Waals surface area contributed by atoms with Gasteiger partial charge in [-0.25, -0.2) is 8.42 Å². The van der Waals surface area contributed by atoms with E-state index in [1.54, 1.807) is 24.3 Å². The predicted octanol–water partition coefficient (Wildman–Crippen LogP) is 2.32. The van der Waals surface area contributed by atoms with E-state index in [1.165, 1.54) is 18.2 Å². The normalized spacial score (nSPS) is 10.6. The lowest BCUT2D eigenvalue weighted by atomic mass is 10.3. The van der Waals surface area contributed by atoms with Gasteiger partial charge in [0.05, 0.1) is 10.5 Å². The molecule has 0 amide bonds. The summed E-state index contributed by atoms with van der Waals surface area (Å²) in [5.41, 5.74) is 0.0143. The molecule has 0 aliphatic rings. The number of rotatable bonds is 2. The van der Waals surface area contributed by atoms with E-state index in [2.05, 4.69) is 0 Å².